The summed E-state index contributed by atoms with van der Waals surface area (Å²) in [5.41, 5.74) is -0.0716. The molecule has 0 spiro atoms. The largest absolute Gasteiger partial charge is 0.494 e. The molecule has 0 aromatic heterocycles. The molecule has 320 valence electrons. The maximum atomic E-state index is 14.0. The molecule has 14 nitrogen and oxygen atoms in total. The van der Waals surface area contributed by atoms with Crippen LogP contribution in [0.5, 0.6) is 11.5 Å². The van der Waals surface area contributed by atoms with Gasteiger partial charge in [-0.3, -0.25) is 10.7 Å². The van der Waals surface area contributed by atoms with E-state index >= 15 is 0 Å². The minimum atomic E-state index is -0.842. The average Bonchev–Trinajstić information content (AvgIpc) is 3.12. The number of carbonyl (C=O) groups is 3. The van der Waals surface area contributed by atoms with Gasteiger partial charge in [-0.05, 0) is 161 Å². The number of guanidine groups is 1. The minimum Gasteiger partial charge on any atom is -0.494 e. The lowest BCUT2D eigenvalue weighted by atomic mass is 10.1. The molecule has 0 radical (unpaired) electrons. The Kier molecular flexibility index (Phi) is 17.5. The van der Waals surface area contributed by atoms with Crippen LogP contribution in [0.3, 0.4) is 0 Å². The molecule has 0 saturated carbocycles. The van der Waals surface area contributed by atoms with Gasteiger partial charge >= 0.3 is 18.3 Å². The Morgan fingerprint density at radius 3 is 1.42 bits per heavy atom. The number of para-hydroxylation sites is 1. The van der Waals surface area contributed by atoms with Gasteiger partial charge in [0.25, 0.3) is 0 Å². The van der Waals surface area contributed by atoms with Crippen molar-refractivity contribution in [2.45, 2.75) is 112 Å². The lowest BCUT2D eigenvalue weighted by Gasteiger charge is -2.34. The van der Waals surface area contributed by atoms with Crippen LogP contribution in [0.2, 0.25) is 0 Å². The molecular formula is C45H62N6O8. The number of carbonyl (C=O) groups excluding carboxylic acids is 3. The van der Waals surface area contributed by atoms with Crippen LogP contribution < -0.4 is 14.8 Å². The van der Waals surface area contributed by atoms with Gasteiger partial charge in [0.2, 0.25) is 5.96 Å². The summed E-state index contributed by atoms with van der Waals surface area (Å²) in [6, 6.07) is 23.1. The van der Waals surface area contributed by atoms with Crippen LogP contribution in [0.15, 0.2) is 83.9 Å². The van der Waals surface area contributed by atoms with E-state index in [4.69, 9.17) is 39.5 Å². The zero-order chi connectivity index (χ0) is 43.8. The second kappa shape index (κ2) is 21.7. The van der Waals surface area contributed by atoms with Crippen LogP contribution >= 0.6 is 0 Å². The molecule has 0 heterocycles. The van der Waals surface area contributed by atoms with E-state index in [0.717, 1.165) is 5.56 Å². The number of ether oxygens (including phenoxy) is 5. The van der Waals surface area contributed by atoms with E-state index in [0.29, 0.717) is 67.4 Å². The Labute approximate surface area is 349 Å². The Balaban J connectivity index is 1.79. The summed E-state index contributed by atoms with van der Waals surface area (Å²) in [4.78, 5) is 47.8. The minimum absolute atomic E-state index is 0.0668. The normalized spacial score (nSPS) is 11.9. The van der Waals surface area contributed by atoms with E-state index in [1.165, 1.54) is 9.80 Å². The average molecular weight is 815 g/mol. The first-order valence-electron chi connectivity index (χ1n) is 19.9. The quantitative estimate of drug-likeness (QED) is 0.0588. The summed E-state index contributed by atoms with van der Waals surface area (Å²) < 4.78 is 28.9. The highest BCUT2D eigenvalue weighted by Crippen LogP contribution is 2.21. The molecule has 0 bridgehead atoms. The molecule has 59 heavy (non-hydrogen) atoms. The highest BCUT2D eigenvalue weighted by Gasteiger charge is 2.34. The van der Waals surface area contributed by atoms with Crippen molar-refractivity contribution < 1.29 is 38.1 Å². The van der Waals surface area contributed by atoms with Gasteiger partial charge in [-0.15, -0.1) is 0 Å². The highest BCUT2D eigenvalue weighted by molar-refractivity contribution is 6.04. The molecule has 0 atom stereocenters. The third-order valence-electron chi connectivity index (χ3n) is 7.84. The fraction of sp³-hybridized carbons (Fsp3) is 0.467. The van der Waals surface area contributed by atoms with Crippen molar-refractivity contribution in [2.24, 2.45) is 4.99 Å². The number of nitrogens with zero attached hydrogens (tertiary/aromatic N) is 3. The second-order valence-corrected chi connectivity index (χ2v) is 16.8. The molecular weight excluding hydrogens is 753 g/mol. The summed E-state index contributed by atoms with van der Waals surface area (Å²) in [6.45, 7) is 18.6. The number of hydrogen-bond acceptors (Lipinski definition) is 11. The van der Waals surface area contributed by atoms with E-state index in [-0.39, 0.29) is 24.9 Å². The molecule has 0 unspecified atom stereocenters. The number of aliphatic imine (C=N–C) groups is 1. The molecule has 14 heteroatoms. The predicted molar refractivity (Wildman–Crippen MR) is 230 cm³/mol. The Morgan fingerprint density at radius 1 is 0.593 bits per heavy atom. The predicted octanol–water partition coefficient (Wildman–Crippen LogP) is 10.1. The third kappa shape index (κ3) is 18.0. The van der Waals surface area contributed by atoms with Gasteiger partial charge in [-0.25, -0.2) is 29.2 Å². The fourth-order valence-electron chi connectivity index (χ4n) is 5.19. The summed E-state index contributed by atoms with van der Waals surface area (Å²) in [5.74, 6) is 1.20. The number of amidine groups is 1. The SMILES string of the molecule is CC(=N)c1ccc(OCCCCN(C(=O)OC(C)(C)C)C(=Nc2ccccc2)N(CCCCOc2ccc(C(=N)NC(=O)OC(C)(C)C)cc2)C(=O)OC(C)(C)C)cc1. The van der Waals surface area contributed by atoms with E-state index in [2.05, 4.69) is 5.32 Å². The molecule has 0 aliphatic carbocycles. The van der Waals surface area contributed by atoms with E-state index < -0.39 is 35.1 Å². The molecule has 3 aromatic rings. The lowest BCUT2D eigenvalue weighted by Crippen LogP contribution is -2.52. The zero-order valence-corrected chi connectivity index (χ0v) is 36.3. The second-order valence-electron chi connectivity index (χ2n) is 16.8. The van der Waals surface area contributed by atoms with Crippen LogP contribution in [-0.2, 0) is 14.2 Å². The number of benzene rings is 3. The third-order valence-corrected chi connectivity index (χ3v) is 7.84. The molecule has 3 aromatic carbocycles. The van der Waals surface area contributed by atoms with E-state index in [1.807, 2.05) is 42.5 Å². The van der Waals surface area contributed by atoms with Gasteiger partial charge < -0.3 is 29.1 Å². The zero-order valence-electron chi connectivity index (χ0n) is 36.3. The Bertz CT molecular complexity index is 1880. The van der Waals surface area contributed by atoms with Crippen molar-refractivity contribution in [1.82, 2.24) is 15.1 Å². The van der Waals surface area contributed by atoms with Crippen LogP contribution in [0, 0.1) is 10.8 Å². The van der Waals surface area contributed by atoms with Crippen LogP contribution in [-0.4, -0.2) is 88.7 Å². The van der Waals surface area contributed by atoms with Crippen molar-refractivity contribution >= 4 is 41.5 Å². The van der Waals surface area contributed by atoms with Gasteiger partial charge in [0.1, 0.15) is 34.1 Å². The first-order valence-corrected chi connectivity index (χ1v) is 19.9. The summed E-state index contributed by atoms with van der Waals surface area (Å²) in [6.07, 6.45) is 0.0115. The first-order chi connectivity index (χ1) is 27.6. The summed E-state index contributed by atoms with van der Waals surface area (Å²) in [7, 11) is 0. The standard InChI is InChI=1S/C45H62N6O8/c1-32(46)33-20-24-36(25-21-33)55-30-16-14-28-50(41(53)58-44(5,6)7)39(48-35-18-12-11-13-19-35)51(42(54)59-45(8,9)10)29-15-17-31-56-37-26-22-34(23-27-37)38(47)49-40(52)57-43(2,3)4/h11-13,18-27,46H,14-17,28-31H2,1-10H3,(H2,47,49,52). The highest BCUT2D eigenvalue weighted by atomic mass is 16.6. The molecule has 3 N–H and O–H groups in total. The summed E-state index contributed by atoms with van der Waals surface area (Å²) in [5, 5.41) is 18.5. The Morgan fingerprint density at radius 2 is 1.02 bits per heavy atom. The van der Waals surface area contributed by atoms with Gasteiger partial charge in [-0.2, -0.15) is 0 Å². The Hall–Kier alpha value is -5.92. The van der Waals surface area contributed by atoms with E-state index in [1.54, 1.807) is 106 Å². The number of rotatable bonds is 15. The number of amides is 3. The number of alkyl carbamates (subject to hydrolysis) is 1. The van der Waals surface area contributed by atoms with Crippen molar-refractivity contribution in [2.75, 3.05) is 26.3 Å². The van der Waals surface area contributed by atoms with Gasteiger partial charge in [-0.1, -0.05) is 18.2 Å². The molecule has 3 amide bonds. The molecule has 0 aliphatic rings. The van der Waals surface area contributed by atoms with Crippen molar-refractivity contribution in [3.63, 3.8) is 0 Å². The molecule has 0 saturated heterocycles. The van der Waals surface area contributed by atoms with Crippen LogP contribution in [0.4, 0.5) is 20.1 Å². The fourth-order valence-corrected chi connectivity index (χ4v) is 5.19. The topological polar surface area (TPSA) is 176 Å². The summed E-state index contributed by atoms with van der Waals surface area (Å²) >= 11 is 0. The molecule has 3 rings (SSSR count). The maximum Gasteiger partial charge on any atom is 0.417 e. The monoisotopic (exact) mass is 814 g/mol. The number of nitrogens with one attached hydrogen (secondary N) is 3. The number of hydrogen-bond donors (Lipinski definition) is 3. The van der Waals surface area contributed by atoms with Crippen molar-refractivity contribution in [3.05, 3.63) is 90.0 Å². The first kappa shape index (κ1) is 47.5. The lowest BCUT2D eigenvalue weighted by molar-refractivity contribution is 0.0272. The van der Waals surface area contributed by atoms with Crippen molar-refractivity contribution in [3.8, 4) is 11.5 Å². The van der Waals surface area contributed by atoms with Gasteiger partial charge in [0.05, 0.1) is 18.9 Å². The van der Waals surface area contributed by atoms with Gasteiger partial charge in [0, 0.05) is 24.4 Å². The van der Waals surface area contributed by atoms with Crippen LogP contribution in [0.1, 0.15) is 106 Å². The van der Waals surface area contributed by atoms with Crippen LogP contribution in [0.25, 0.3) is 0 Å². The van der Waals surface area contributed by atoms with Gasteiger partial charge in [0.15, 0.2) is 0 Å². The van der Waals surface area contributed by atoms with E-state index in [9.17, 15) is 14.4 Å². The molecule has 0 aliphatic heterocycles. The molecule has 0 fully saturated rings. The van der Waals surface area contributed by atoms with Crippen molar-refractivity contribution in [1.29, 1.82) is 10.8 Å². The smallest absolute Gasteiger partial charge is 0.417 e. The maximum absolute atomic E-state index is 14.0. The number of unbranched alkanes of at least 4 members (excludes halogenated alkanes) is 2.